The fraction of sp³-hybridized carbons (Fsp3) is 0.889. The first-order chi connectivity index (χ1) is 5.66. The first-order valence-corrected chi connectivity index (χ1v) is 4.68. The Hall–Kier alpha value is -0.570. The van der Waals surface area contributed by atoms with Gasteiger partial charge in [-0.05, 0) is 33.1 Å². The maximum absolute atomic E-state index is 11.4. The summed E-state index contributed by atoms with van der Waals surface area (Å²) in [5, 5.41) is 0. The van der Waals surface area contributed by atoms with E-state index in [2.05, 4.69) is 13.8 Å². The van der Waals surface area contributed by atoms with Crippen molar-refractivity contribution in [2.24, 2.45) is 5.73 Å². The van der Waals surface area contributed by atoms with Gasteiger partial charge in [-0.25, -0.2) is 0 Å². The van der Waals surface area contributed by atoms with Crippen molar-refractivity contribution in [3.8, 4) is 0 Å². The lowest BCUT2D eigenvalue weighted by Crippen LogP contribution is -2.49. The van der Waals surface area contributed by atoms with Gasteiger partial charge in [-0.15, -0.1) is 0 Å². The Kier molecular flexibility index (Phi) is 3.09. The molecule has 1 rings (SSSR count). The number of hydrogen-bond donors (Lipinski definition) is 1. The maximum Gasteiger partial charge on any atom is 0.236 e. The van der Waals surface area contributed by atoms with E-state index < -0.39 is 0 Å². The first-order valence-electron chi connectivity index (χ1n) is 4.68. The zero-order valence-corrected chi connectivity index (χ0v) is 7.92. The normalized spacial score (nSPS) is 30.4. The smallest absolute Gasteiger partial charge is 0.236 e. The third-order valence-corrected chi connectivity index (χ3v) is 2.66. The Bertz CT molecular complexity index is 160. The Morgan fingerprint density at radius 3 is 2.33 bits per heavy atom. The SMILES string of the molecule is CC1CCCC(C)N1C(=O)CN. The fourth-order valence-corrected chi connectivity index (χ4v) is 2.02. The van der Waals surface area contributed by atoms with E-state index in [1.54, 1.807) is 0 Å². The second kappa shape index (κ2) is 3.90. The molecule has 0 aromatic rings. The van der Waals surface area contributed by atoms with E-state index >= 15 is 0 Å². The average molecular weight is 170 g/mol. The second-order valence-corrected chi connectivity index (χ2v) is 3.63. The van der Waals surface area contributed by atoms with Crippen LogP contribution in [0, 0.1) is 0 Å². The van der Waals surface area contributed by atoms with Crippen molar-refractivity contribution in [1.82, 2.24) is 4.90 Å². The molecule has 3 nitrogen and oxygen atoms in total. The van der Waals surface area contributed by atoms with Gasteiger partial charge in [0.2, 0.25) is 5.91 Å². The summed E-state index contributed by atoms with van der Waals surface area (Å²) in [4.78, 5) is 13.3. The van der Waals surface area contributed by atoms with Crippen LogP contribution in [0.2, 0.25) is 0 Å². The standard InChI is InChI=1S/C9H18N2O/c1-7-4-3-5-8(2)11(7)9(12)6-10/h7-8H,3-6,10H2,1-2H3. The quantitative estimate of drug-likeness (QED) is 0.630. The minimum atomic E-state index is 0.0923. The molecule has 1 heterocycles. The van der Waals surface area contributed by atoms with Crippen molar-refractivity contribution in [3.63, 3.8) is 0 Å². The highest BCUT2D eigenvalue weighted by molar-refractivity contribution is 5.78. The minimum absolute atomic E-state index is 0.0923. The van der Waals surface area contributed by atoms with E-state index in [1.807, 2.05) is 4.90 Å². The molecule has 0 aromatic heterocycles. The third kappa shape index (κ3) is 1.78. The van der Waals surface area contributed by atoms with Gasteiger partial charge in [0.05, 0.1) is 6.54 Å². The molecule has 0 spiro atoms. The largest absolute Gasteiger partial charge is 0.336 e. The highest BCUT2D eigenvalue weighted by atomic mass is 16.2. The zero-order valence-electron chi connectivity index (χ0n) is 7.92. The number of nitrogens with zero attached hydrogens (tertiary/aromatic N) is 1. The summed E-state index contributed by atoms with van der Waals surface area (Å²) in [6, 6.07) is 0.759. The summed E-state index contributed by atoms with van der Waals surface area (Å²) < 4.78 is 0. The second-order valence-electron chi connectivity index (χ2n) is 3.63. The van der Waals surface area contributed by atoms with Crippen molar-refractivity contribution in [1.29, 1.82) is 0 Å². The predicted octanol–water partition coefficient (Wildman–Crippen LogP) is 0.735. The molecule has 1 aliphatic heterocycles. The molecule has 1 saturated heterocycles. The molecule has 0 bridgehead atoms. The molecule has 1 aliphatic rings. The van der Waals surface area contributed by atoms with Gasteiger partial charge in [-0.2, -0.15) is 0 Å². The average Bonchev–Trinajstić information content (AvgIpc) is 2.03. The fourth-order valence-electron chi connectivity index (χ4n) is 2.02. The van der Waals surface area contributed by atoms with E-state index in [0.29, 0.717) is 12.1 Å². The molecule has 2 unspecified atom stereocenters. The molecule has 0 radical (unpaired) electrons. The van der Waals surface area contributed by atoms with Crippen LogP contribution in [0.15, 0.2) is 0 Å². The van der Waals surface area contributed by atoms with Gasteiger partial charge in [0.1, 0.15) is 0 Å². The lowest BCUT2D eigenvalue weighted by atomic mass is 9.97. The number of likely N-dealkylation sites (tertiary alicyclic amines) is 1. The molecule has 12 heavy (non-hydrogen) atoms. The lowest BCUT2D eigenvalue weighted by Gasteiger charge is -2.38. The van der Waals surface area contributed by atoms with Crippen LogP contribution in [0.25, 0.3) is 0 Å². The number of hydrogen-bond acceptors (Lipinski definition) is 2. The molecule has 2 atom stereocenters. The van der Waals surface area contributed by atoms with E-state index in [4.69, 9.17) is 5.73 Å². The van der Waals surface area contributed by atoms with Crippen LogP contribution in [0.1, 0.15) is 33.1 Å². The number of amides is 1. The Morgan fingerprint density at radius 1 is 1.42 bits per heavy atom. The summed E-state index contributed by atoms with van der Waals surface area (Å²) in [5.41, 5.74) is 5.34. The van der Waals surface area contributed by atoms with E-state index in [9.17, 15) is 4.79 Å². The van der Waals surface area contributed by atoms with E-state index in [1.165, 1.54) is 6.42 Å². The molecular formula is C9H18N2O. The van der Waals surface area contributed by atoms with Crippen molar-refractivity contribution in [2.45, 2.75) is 45.2 Å². The monoisotopic (exact) mass is 170 g/mol. The molecule has 3 heteroatoms. The van der Waals surface area contributed by atoms with E-state index in [-0.39, 0.29) is 12.5 Å². The van der Waals surface area contributed by atoms with Crippen LogP contribution in [-0.4, -0.2) is 29.4 Å². The van der Waals surface area contributed by atoms with Crippen molar-refractivity contribution < 1.29 is 4.79 Å². The van der Waals surface area contributed by atoms with Crippen LogP contribution in [-0.2, 0) is 4.79 Å². The minimum Gasteiger partial charge on any atom is -0.336 e. The van der Waals surface area contributed by atoms with Gasteiger partial charge in [0.15, 0.2) is 0 Å². The molecule has 0 saturated carbocycles. The van der Waals surface area contributed by atoms with E-state index in [0.717, 1.165) is 12.8 Å². The van der Waals surface area contributed by atoms with Gasteiger partial charge >= 0.3 is 0 Å². The Balaban J connectivity index is 2.62. The Morgan fingerprint density at radius 2 is 1.92 bits per heavy atom. The van der Waals surface area contributed by atoms with Crippen molar-refractivity contribution >= 4 is 5.91 Å². The first kappa shape index (κ1) is 9.52. The molecule has 2 N–H and O–H groups in total. The number of piperidine rings is 1. The summed E-state index contributed by atoms with van der Waals surface area (Å²) in [6.07, 6.45) is 3.48. The van der Waals surface area contributed by atoms with Crippen LogP contribution >= 0.6 is 0 Å². The topological polar surface area (TPSA) is 46.3 Å². The molecule has 0 aliphatic carbocycles. The lowest BCUT2D eigenvalue weighted by molar-refractivity contribution is -0.135. The molecule has 1 amide bonds. The molecule has 70 valence electrons. The number of nitrogens with two attached hydrogens (primary N) is 1. The van der Waals surface area contributed by atoms with Gasteiger partial charge in [0.25, 0.3) is 0 Å². The number of rotatable bonds is 1. The van der Waals surface area contributed by atoms with Crippen molar-refractivity contribution in [3.05, 3.63) is 0 Å². The Labute approximate surface area is 73.9 Å². The summed E-state index contributed by atoms with van der Waals surface area (Å²) in [6.45, 7) is 4.35. The summed E-state index contributed by atoms with van der Waals surface area (Å²) in [5.74, 6) is 0.0923. The summed E-state index contributed by atoms with van der Waals surface area (Å²) in [7, 11) is 0. The number of carbonyl (C=O) groups excluding carboxylic acids is 1. The van der Waals surface area contributed by atoms with Crippen LogP contribution in [0.3, 0.4) is 0 Å². The molecule has 1 fully saturated rings. The summed E-state index contributed by atoms with van der Waals surface area (Å²) >= 11 is 0. The maximum atomic E-state index is 11.4. The third-order valence-electron chi connectivity index (χ3n) is 2.66. The van der Waals surface area contributed by atoms with Crippen molar-refractivity contribution in [2.75, 3.05) is 6.54 Å². The van der Waals surface area contributed by atoms with Gasteiger partial charge in [-0.3, -0.25) is 4.79 Å². The van der Waals surface area contributed by atoms with Crippen LogP contribution in [0.5, 0.6) is 0 Å². The molecular weight excluding hydrogens is 152 g/mol. The van der Waals surface area contributed by atoms with Crippen LogP contribution < -0.4 is 5.73 Å². The van der Waals surface area contributed by atoms with Gasteiger partial charge < -0.3 is 10.6 Å². The van der Waals surface area contributed by atoms with Crippen LogP contribution in [0.4, 0.5) is 0 Å². The predicted molar refractivity (Wildman–Crippen MR) is 48.7 cm³/mol. The number of carbonyl (C=O) groups is 1. The highest BCUT2D eigenvalue weighted by Crippen LogP contribution is 2.21. The van der Waals surface area contributed by atoms with Gasteiger partial charge in [0, 0.05) is 12.1 Å². The molecule has 0 aromatic carbocycles. The highest BCUT2D eigenvalue weighted by Gasteiger charge is 2.27. The zero-order chi connectivity index (χ0) is 9.14. The van der Waals surface area contributed by atoms with Gasteiger partial charge in [-0.1, -0.05) is 0 Å².